The highest BCUT2D eigenvalue weighted by Crippen LogP contribution is 2.36. The van der Waals surface area contributed by atoms with Crippen LogP contribution in [0.5, 0.6) is 0 Å². The van der Waals surface area contributed by atoms with Crippen LogP contribution < -0.4 is 0 Å². The zero-order valence-corrected chi connectivity index (χ0v) is 22.1. The number of hydrogen-bond donors (Lipinski definition) is 0. The van der Waals surface area contributed by atoms with Gasteiger partial charge in [0, 0.05) is 46.3 Å². The molecule has 0 fully saturated rings. The summed E-state index contributed by atoms with van der Waals surface area (Å²) in [5.74, 6) is 1.76. The zero-order chi connectivity index (χ0) is 26.0. The van der Waals surface area contributed by atoms with Crippen LogP contribution in [-0.2, 0) is 5.41 Å². The van der Waals surface area contributed by atoms with E-state index in [0.29, 0.717) is 0 Å². The highest BCUT2D eigenvalue weighted by molar-refractivity contribution is 6.10. The van der Waals surface area contributed by atoms with Crippen molar-refractivity contribution in [3.8, 4) is 11.6 Å². The van der Waals surface area contributed by atoms with E-state index >= 15 is 0 Å². The van der Waals surface area contributed by atoms with Crippen molar-refractivity contribution < 1.29 is 0 Å². The quantitative estimate of drug-likeness (QED) is 0.248. The Bertz CT molecular complexity index is 2010. The monoisotopic (exact) mass is 495 g/mol. The maximum absolute atomic E-state index is 5.25. The Hall–Kier alpha value is -4.51. The van der Waals surface area contributed by atoms with Gasteiger partial charge in [0.15, 0.2) is 0 Å². The largest absolute Gasteiger partial charge is 0.294 e. The number of aromatic nitrogens is 5. The van der Waals surface area contributed by atoms with Gasteiger partial charge >= 0.3 is 0 Å². The average molecular weight is 496 g/mol. The molecule has 186 valence electrons. The second kappa shape index (κ2) is 8.25. The van der Waals surface area contributed by atoms with E-state index < -0.39 is 0 Å². The first kappa shape index (κ1) is 22.7. The van der Waals surface area contributed by atoms with Crippen molar-refractivity contribution >= 4 is 43.6 Å². The number of benzene rings is 2. The first-order valence-corrected chi connectivity index (χ1v) is 13.2. The van der Waals surface area contributed by atoms with Crippen molar-refractivity contribution in [3.63, 3.8) is 0 Å². The van der Waals surface area contributed by atoms with E-state index in [1.54, 1.807) is 0 Å². The molecule has 0 atom stereocenters. The van der Waals surface area contributed by atoms with Gasteiger partial charge in [-0.1, -0.05) is 44.5 Å². The molecule has 7 rings (SSSR count). The molecule has 5 nitrogen and oxygen atoms in total. The van der Waals surface area contributed by atoms with Gasteiger partial charge in [-0.25, -0.2) is 4.98 Å². The number of nitrogens with zero attached hydrogens (tertiary/aromatic N) is 5. The maximum atomic E-state index is 5.25. The van der Waals surface area contributed by atoms with Crippen molar-refractivity contribution in [2.24, 2.45) is 0 Å². The predicted octanol–water partition coefficient (Wildman–Crippen LogP) is 8.06. The molecule has 0 aliphatic heterocycles. The smallest absolute Gasteiger partial charge is 0.140 e. The van der Waals surface area contributed by atoms with Gasteiger partial charge in [-0.3, -0.25) is 19.1 Å². The van der Waals surface area contributed by atoms with Crippen molar-refractivity contribution in [1.82, 2.24) is 24.1 Å². The van der Waals surface area contributed by atoms with Crippen LogP contribution in [-0.4, -0.2) is 24.1 Å². The lowest BCUT2D eigenvalue weighted by molar-refractivity contribution is 0.507. The van der Waals surface area contributed by atoms with Gasteiger partial charge in [-0.2, -0.15) is 0 Å². The van der Waals surface area contributed by atoms with E-state index in [4.69, 9.17) is 4.98 Å². The second-order valence-electron chi connectivity index (χ2n) is 10.8. The van der Waals surface area contributed by atoms with Crippen molar-refractivity contribution in [1.29, 1.82) is 0 Å². The second-order valence-corrected chi connectivity index (χ2v) is 10.8. The summed E-state index contributed by atoms with van der Waals surface area (Å²) < 4.78 is 4.50. The molecule has 0 bridgehead atoms. The third-order valence-corrected chi connectivity index (χ3v) is 8.13. The molecule has 5 heteroatoms. The SMILES string of the molecule is CCC(C)(C)c1ccc2c(c1)c1cnccc1n2-c1cccc(-n2c3ccncc3c3cc(C)ccc32)n1. The number of fused-ring (bicyclic) bond motifs is 6. The highest BCUT2D eigenvalue weighted by atomic mass is 15.1. The normalized spacial score (nSPS) is 12.3. The fourth-order valence-electron chi connectivity index (χ4n) is 5.63. The number of pyridine rings is 3. The Morgan fingerprint density at radius 3 is 1.82 bits per heavy atom. The van der Waals surface area contributed by atoms with Gasteiger partial charge in [-0.15, -0.1) is 0 Å². The van der Waals surface area contributed by atoms with Crippen molar-refractivity contribution in [3.05, 3.63) is 103 Å². The molecular formula is C33H29N5. The van der Waals surface area contributed by atoms with E-state index in [-0.39, 0.29) is 5.41 Å². The fraction of sp³-hybridized carbons (Fsp3) is 0.182. The van der Waals surface area contributed by atoms with Gasteiger partial charge in [0.25, 0.3) is 0 Å². The minimum Gasteiger partial charge on any atom is -0.294 e. The lowest BCUT2D eigenvalue weighted by Crippen LogP contribution is -2.15. The minimum absolute atomic E-state index is 0.104. The van der Waals surface area contributed by atoms with E-state index in [1.165, 1.54) is 21.9 Å². The van der Waals surface area contributed by atoms with E-state index in [0.717, 1.165) is 50.9 Å². The summed E-state index contributed by atoms with van der Waals surface area (Å²) in [6.07, 6.45) is 8.72. The molecule has 0 radical (unpaired) electrons. The van der Waals surface area contributed by atoms with Crippen LogP contribution in [0.1, 0.15) is 38.3 Å². The van der Waals surface area contributed by atoms with E-state index in [9.17, 15) is 0 Å². The molecule has 38 heavy (non-hydrogen) atoms. The molecule has 0 spiro atoms. The number of aryl methyl sites for hydroxylation is 1. The van der Waals surface area contributed by atoms with Gasteiger partial charge in [0.05, 0.1) is 22.1 Å². The summed E-state index contributed by atoms with van der Waals surface area (Å²) in [7, 11) is 0. The summed E-state index contributed by atoms with van der Waals surface area (Å²) in [5, 5.41) is 4.67. The van der Waals surface area contributed by atoms with E-state index in [2.05, 4.69) is 114 Å². The molecule has 0 N–H and O–H groups in total. The first-order valence-electron chi connectivity index (χ1n) is 13.2. The number of hydrogen-bond acceptors (Lipinski definition) is 3. The van der Waals surface area contributed by atoms with Gasteiger partial charge in [-0.05, 0) is 72.9 Å². The Morgan fingerprint density at radius 1 is 0.658 bits per heavy atom. The van der Waals surface area contributed by atoms with Crippen LogP contribution in [0, 0.1) is 6.92 Å². The van der Waals surface area contributed by atoms with E-state index in [1.807, 2.05) is 24.8 Å². The molecule has 0 aliphatic rings. The van der Waals surface area contributed by atoms with Crippen molar-refractivity contribution in [2.75, 3.05) is 0 Å². The van der Waals surface area contributed by atoms with Crippen LogP contribution in [0.3, 0.4) is 0 Å². The van der Waals surface area contributed by atoms with Crippen LogP contribution in [0.25, 0.3) is 55.2 Å². The molecule has 5 aromatic heterocycles. The Balaban J connectivity index is 1.50. The maximum Gasteiger partial charge on any atom is 0.140 e. The predicted molar refractivity (Wildman–Crippen MR) is 157 cm³/mol. The molecule has 0 saturated carbocycles. The molecule has 0 aliphatic carbocycles. The first-order chi connectivity index (χ1) is 18.5. The number of rotatable bonds is 4. The van der Waals surface area contributed by atoms with Crippen molar-refractivity contribution in [2.45, 2.75) is 39.5 Å². The van der Waals surface area contributed by atoms with Crippen LogP contribution >= 0.6 is 0 Å². The zero-order valence-electron chi connectivity index (χ0n) is 22.1. The molecule has 0 amide bonds. The lowest BCUT2D eigenvalue weighted by Gasteiger charge is -2.23. The van der Waals surface area contributed by atoms with Gasteiger partial charge in [0.2, 0.25) is 0 Å². The lowest BCUT2D eigenvalue weighted by atomic mass is 9.82. The summed E-state index contributed by atoms with van der Waals surface area (Å²) >= 11 is 0. The average Bonchev–Trinajstić information content (AvgIpc) is 3.45. The molecule has 5 heterocycles. The molecule has 0 saturated heterocycles. The summed E-state index contributed by atoms with van der Waals surface area (Å²) in [6, 6.07) is 23.8. The molecule has 2 aromatic carbocycles. The van der Waals surface area contributed by atoms with Crippen LogP contribution in [0.4, 0.5) is 0 Å². The standard InChI is InChI=1S/C33H29N5/c1-5-33(3,4)22-10-12-28-24(18-22)26-20-35-16-14-30(26)38(28)32-8-6-7-31(36-32)37-27-11-9-21(2)17-23(27)25-19-34-15-13-29(25)37/h6-20H,5H2,1-4H3. The summed E-state index contributed by atoms with van der Waals surface area (Å²) in [4.78, 5) is 14.1. The Kier molecular flexibility index (Phi) is 4.92. The summed E-state index contributed by atoms with van der Waals surface area (Å²) in [5.41, 5.74) is 7.14. The molecule has 7 aromatic rings. The van der Waals surface area contributed by atoms with Gasteiger partial charge < -0.3 is 0 Å². The third kappa shape index (κ3) is 3.28. The Morgan fingerprint density at radius 2 is 1.21 bits per heavy atom. The topological polar surface area (TPSA) is 48.5 Å². The highest BCUT2D eigenvalue weighted by Gasteiger charge is 2.21. The Labute approximate surface area is 221 Å². The summed E-state index contributed by atoms with van der Waals surface area (Å²) in [6.45, 7) is 8.98. The van der Waals surface area contributed by atoms with Crippen LogP contribution in [0.2, 0.25) is 0 Å². The van der Waals surface area contributed by atoms with Gasteiger partial charge in [0.1, 0.15) is 11.6 Å². The molecule has 0 unspecified atom stereocenters. The third-order valence-electron chi connectivity index (χ3n) is 8.13. The molecular weight excluding hydrogens is 466 g/mol. The van der Waals surface area contributed by atoms with Crippen LogP contribution in [0.15, 0.2) is 91.5 Å². The fourth-order valence-corrected chi connectivity index (χ4v) is 5.63. The minimum atomic E-state index is 0.104.